The first-order chi connectivity index (χ1) is 12.5. The predicted octanol–water partition coefficient (Wildman–Crippen LogP) is 1.85. The van der Waals surface area contributed by atoms with Crippen LogP contribution in [0, 0.1) is 5.92 Å². The first-order valence-electron chi connectivity index (χ1n) is 9.48. The van der Waals surface area contributed by atoms with Gasteiger partial charge in [-0.25, -0.2) is 0 Å². The number of nitrogens with one attached hydrogen (secondary N) is 3. The molecule has 2 aliphatic heterocycles. The summed E-state index contributed by atoms with van der Waals surface area (Å²) in [7, 11) is 1.53. The molecule has 0 radical (unpaired) electrons. The Labute approximate surface area is 155 Å². The Bertz CT molecular complexity index is 649. The van der Waals surface area contributed by atoms with Crippen LogP contribution in [0.5, 0.6) is 5.75 Å². The zero-order valence-electron chi connectivity index (χ0n) is 15.7. The lowest BCUT2D eigenvalue weighted by atomic mass is 9.97. The number of rotatable bonds is 6. The average molecular weight is 359 g/mol. The molecule has 3 N–H and O–H groups in total. The van der Waals surface area contributed by atoms with Gasteiger partial charge in [-0.1, -0.05) is 26.0 Å². The van der Waals surface area contributed by atoms with Crippen LogP contribution in [0.4, 0.5) is 0 Å². The summed E-state index contributed by atoms with van der Waals surface area (Å²) < 4.78 is 5.25. The van der Waals surface area contributed by atoms with E-state index in [0.717, 1.165) is 12.8 Å². The van der Waals surface area contributed by atoms with Gasteiger partial charge >= 0.3 is 0 Å². The highest BCUT2D eigenvalue weighted by Crippen LogP contribution is 2.27. The number of carbonyl (C=O) groups is 2. The van der Waals surface area contributed by atoms with Crippen LogP contribution in [-0.2, 0) is 4.79 Å². The van der Waals surface area contributed by atoms with E-state index in [-0.39, 0.29) is 23.8 Å². The monoisotopic (exact) mass is 359 g/mol. The molecule has 6 nitrogen and oxygen atoms in total. The maximum atomic E-state index is 12.8. The summed E-state index contributed by atoms with van der Waals surface area (Å²) in [4.78, 5) is 25.5. The van der Waals surface area contributed by atoms with Gasteiger partial charge in [0.2, 0.25) is 5.91 Å². The molecule has 3 atom stereocenters. The van der Waals surface area contributed by atoms with Gasteiger partial charge < -0.3 is 20.7 Å². The van der Waals surface area contributed by atoms with Crippen molar-refractivity contribution >= 4 is 11.8 Å². The molecule has 26 heavy (non-hydrogen) atoms. The number of para-hydroxylation sites is 1. The number of benzene rings is 1. The van der Waals surface area contributed by atoms with E-state index in [1.165, 1.54) is 20.0 Å². The van der Waals surface area contributed by atoms with Crippen molar-refractivity contribution in [2.75, 3.05) is 7.11 Å². The molecule has 0 saturated carbocycles. The molecule has 2 fully saturated rings. The lowest BCUT2D eigenvalue weighted by Gasteiger charge is -2.31. The Hall–Kier alpha value is -2.08. The van der Waals surface area contributed by atoms with Crippen LogP contribution in [0.15, 0.2) is 24.3 Å². The van der Waals surface area contributed by atoms with E-state index in [0.29, 0.717) is 23.4 Å². The highest BCUT2D eigenvalue weighted by atomic mass is 16.5. The van der Waals surface area contributed by atoms with Crippen molar-refractivity contribution in [3.63, 3.8) is 0 Å². The molecule has 1 aromatic rings. The van der Waals surface area contributed by atoms with Crippen LogP contribution in [-0.4, -0.2) is 43.1 Å². The Morgan fingerprint density at radius 1 is 1.15 bits per heavy atom. The molecule has 2 amide bonds. The first kappa shape index (κ1) is 18.7. The van der Waals surface area contributed by atoms with Crippen molar-refractivity contribution in [2.24, 2.45) is 5.92 Å². The third-order valence-corrected chi connectivity index (χ3v) is 5.41. The average Bonchev–Trinajstić information content (AvgIpc) is 2.97. The molecule has 2 bridgehead atoms. The Kier molecular flexibility index (Phi) is 5.81. The lowest BCUT2D eigenvalue weighted by molar-refractivity contribution is -0.124. The summed E-state index contributed by atoms with van der Waals surface area (Å²) in [6.07, 6.45) is 4.31. The van der Waals surface area contributed by atoms with Gasteiger partial charge in [0.25, 0.3) is 5.91 Å². The molecule has 0 aliphatic carbocycles. The normalized spacial score (nSPS) is 25.6. The van der Waals surface area contributed by atoms with Crippen molar-refractivity contribution in [2.45, 2.75) is 63.7 Å². The lowest BCUT2D eigenvalue weighted by Crippen LogP contribution is -2.55. The van der Waals surface area contributed by atoms with Crippen LogP contribution >= 0.6 is 0 Å². The molecule has 2 saturated heterocycles. The minimum absolute atomic E-state index is 0.00732. The fourth-order valence-electron chi connectivity index (χ4n) is 4.05. The van der Waals surface area contributed by atoms with E-state index < -0.39 is 6.04 Å². The van der Waals surface area contributed by atoms with Gasteiger partial charge in [-0.05, 0) is 43.7 Å². The second-order valence-corrected chi connectivity index (χ2v) is 7.71. The van der Waals surface area contributed by atoms with E-state index in [1.54, 1.807) is 18.2 Å². The molecular weight excluding hydrogens is 330 g/mol. The number of carbonyl (C=O) groups excluding carboxylic acids is 2. The van der Waals surface area contributed by atoms with Crippen LogP contribution in [0.2, 0.25) is 0 Å². The van der Waals surface area contributed by atoms with Crippen LogP contribution in [0.1, 0.15) is 49.9 Å². The van der Waals surface area contributed by atoms with Crippen molar-refractivity contribution in [1.82, 2.24) is 16.0 Å². The quantitative estimate of drug-likeness (QED) is 0.724. The second-order valence-electron chi connectivity index (χ2n) is 7.71. The standard InChI is InChI=1S/C20H29N3O3/c1-12(2)18(23-19(24)16-6-4-5-7-17(16)26-3)20(25)22-15-10-13-8-9-14(11-15)21-13/h4-7,12-15,18,21H,8-11H2,1-3H3,(H,22,25)(H,23,24). The van der Waals surface area contributed by atoms with Gasteiger partial charge in [-0.15, -0.1) is 0 Å². The van der Waals surface area contributed by atoms with Crippen LogP contribution in [0.3, 0.4) is 0 Å². The molecule has 0 spiro atoms. The van der Waals surface area contributed by atoms with Gasteiger partial charge in [-0.2, -0.15) is 0 Å². The topological polar surface area (TPSA) is 79.5 Å². The minimum Gasteiger partial charge on any atom is -0.496 e. The van der Waals surface area contributed by atoms with Gasteiger partial charge in [-0.3, -0.25) is 9.59 Å². The summed E-state index contributed by atoms with van der Waals surface area (Å²) in [6.45, 7) is 3.89. The molecule has 2 aliphatic rings. The molecule has 1 aromatic carbocycles. The van der Waals surface area contributed by atoms with Gasteiger partial charge in [0.05, 0.1) is 12.7 Å². The van der Waals surface area contributed by atoms with Gasteiger partial charge in [0, 0.05) is 18.1 Å². The summed E-state index contributed by atoms with van der Waals surface area (Å²) in [5, 5.41) is 9.63. The van der Waals surface area contributed by atoms with E-state index in [2.05, 4.69) is 16.0 Å². The smallest absolute Gasteiger partial charge is 0.255 e. The van der Waals surface area contributed by atoms with Crippen LogP contribution < -0.4 is 20.7 Å². The Balaban J connectivity index is 1.64. The summed E-state index contributed by atoms with van der Waals surface area (Å²) >= 11 is 0. The minimum atomic E-state index is -0.569. The Morgan fingerprint density at radius 2 is 1.81 bits per heavy atom. The molecule has 3 unspecified atom stereocenters. The molecule has 142 valence electrons. The SMILES string of the molecule is COc1ccccc1C(=O)NC(C(=O)NC1CC2CCC(C1)N2)C(C)C. The van der Waals surface area contributed by atoms with E-state index in [9.17, 15) is 9.59 Å². The zero-order valence-corrected chi connectivity index (χ0v) is 15.7. The fraction of sp³-hybridized carbons (Fsp3) is 0.600. The maximum Gasteiger partial charge on any atom is 0.255 e. The predicted molar refractivity (Wildman–Crippen MR) is 100 cm³/mol. The maximum absolute atomic E-state index is 12.8. The highest BCUT2D eigenvalue weighted by molar-refractivity contribution is 5.99. The molecule has 0 aromatic heterocycles. The largest absolute Gasteiger partial charge is 0.496 e. The summed E-state index contributed by atoms with van der Waals surface area (Å²) in [5.74, 6) is 0.103. The van der Waals surface area contributed by atoms with Gasteiger partial charge in [0.1, 0.15) is 11.8 Å². The second kappa shape index (κ2) is 8.08. The number of hydrogen-bond donors (Lipinski definition) is 3. The number of fused-ring (bicyclic) bond motifs is 2. The number of methoxy groups -OCH3 is 1. The van der Waals surface area contributed by atoms with Crippen molar-refractivity contribution in [1.29, 1.82) is 0 Å². The number of amides is 2. The summed E-state index contributed by atoms with van der Waals surface area (Å²) in [6, 6.07) is 7.68. The van der Waals surface area contributed by atoms with Crippen molar-refractivity contribution < 1.29 is 14.3 Å². The highest BCUT2D eigenvalue weighted by Gasteiger charge is 2.35. The molecule has 6 heteroatoms. The molecular formula is C20H29N3O3. The zero-order chi connectivity index (χ0) is 18.7. The third kappa shape index (κ3) is 4.18. The number of piperidine rings is 1. The van der Waals surface area contributed by atoms with Gasteiger partial charge in [0.15, 0.2) is 0 Å². The third-order valence-electron chi connectivity index (χ3n) is 5.41. The Morgan fingerprint density at radius 3 is 2.42 bits per heavy atom. The van der Waals surface area contributed by atoms with E-state index >= 15 is 0 Å². The fourth-order valence-corrected chi connectivity index (χ4v) is 4.05. The number of hydrogen-bond acceptors (Lipinski definition) is 4. The summed E-state index contributed by atoms with van der Waals surface area (Å²) in [5.41, 5.74) is 0.438. The van der Waals surface area contributed by atoms with E-state index in [4.69, 9.17) is 4.74 Å². The van der Waals surface area contributed by atoms with Crippen LogP contribution in [0.25, 0.3) is 0 Å². The van der Waals surface area contributed by atoms with Crippen molar-refractivity contribution in [3.8, 4) is 5.75 Å². The molecule has 3 rings (SSSR count). The van der Waals surface area contributed by atoms with Crippen molar-refractivity contribution in [3.05, 3.63) is 29.8 Å². The number of ether oxygens (including phenoxy) is 1. The first-order valence-corrected chi connectivity index (χ1v) is 9.48. The molecule has 2 heterocycles. The van der Waals surface area contributed by atoms with E-state index in [1.807, 2.05) is 19.9 Å².